The van der Waals surface area contributed by atoms with Crippen molar-refractivity contribution in [1.29, 1.82) is 0 Å². The Morgan fingerprint density at radius 2 is 2.05 bits per heavy atom. The summed E-state index contributed by atoms with van der Waals surface area (Å²) < 4.78 is 17.8. The van der Waals surface area contributed by atoms with Crippen LogP contribution in [0.3, 0.4) is 0 Å². The number of hydrogen-bond donors (Lipinski definition) is 0. The van der Waals surface area contributed by atoms with Crippen molar-refractivity contribution in [3.05, 3.63) is 0 Å². The highest BCUT2D eigenvalue weighted by atomic mass is 32.2. The number of rotatable bonds is 11. The molecule has 1 rings (SSSR count). The fraction of sp³-hybridized carbons (Fsp3) is 1.00. The molecule has 21 heavy (non-hydrogen) atoms. The zero-order chi connectivity index (χ0) is 15.7. The molecule has 3 unspecified atom stereocenters. The van der Waals surface area contributed by atoms with Gasteiger partial charge in [-0.15, -0.1) is 0 Å². The van der Waals surface area contributed by atoms with Gasteiger partial charge in [0.25, 0.3) is 0 Å². The van der Waals surface area contributed by atoms with Gasteiger partial charge in [-0.2, -0.15) is 11.8 Å². The molecule has 0 aromatic rings. The molecular weight excluding hydrogens is 286 g/mol. The molecule has 0 aromatic carbocycles. The highest BCUT2D eigenvalue weighted by Gasteiger charge is 2.41. The molecule has 0 N–H and O–H groups in total. The Balaban J connectivity index is 2.26. The van der Waals surface area contributed by atoms with E-state index in [1.54, 1.807) is 0 Å². The number of ether oxygens (including phenoxy) is 3. The van der Waals surface area contributed by atoms with Crippen molar-refractivity contribution in [2.24, 2.45) is 5.92 Å². The molecule has 126 valence electrons. The molecule has 0 radical (unpaired) electrons. The van der Waals surface area contributed by atoms with Gasteiger partial charge in [0, 0.05) is 11.7 Å². The lowest BCUT2D eigenvalue weighted by atomic mass is 10.1. The largest absolute Gasteiger partial charge is 0.363 e. The second kappa shape index (κ2) is 10.1. The van der Waals surface area contributed by atoms with Crippen LogP contribution in [0.15, 0.2) is 0 Å². The third-order valence-electron chi connectivity index (χ3n) is 4.04. The van der Waals surface area contributed by atoms with Crippen LogP contribution in [-0.4, -0.2) is 61.3 Å². The van der Waals surface area contributed by atoms with Crippen LogP contribution in [0.2, 0.25) is 0 Å². The fourth-order valence-electron chi connectivity index (χ4n) is 2.27. The van der Waals surface area contributed by atoms with Crippen molar-refractivity contribution in [3.63, 3.8) is 0 Å². The molecule has 3 atom stereocenters. The maximum absolute atomic E-state index is 6.11. The van der Waals surface area contributed by atoms with Gasteiger partial charge in [-0.3, -0.25) is 4.90 Å². The van der Waals surface area contributed by atoms with Crippen molar-refractivity contribution in [3.8, 4) is 0 Å². The van der Waals surface area contributed by atoms with Crippen LogP contribution in [0.1, 0.15) is 41.0 Å². The van der Waals surface area contributed by atoms with Gasteiger partial charge in [0.05, 0.1) is 19.9 Å². The molecule has 1 fully saturated rings. The average molecular weight is 320 g/mol. The van der Waals surface area contributed by atoms with E-state index < -0.39 is 5.79 Å². The lowest BCUT2D eigenvalue weighted by Crippen LogP contribution is -2.37. The van der Waals surface area contributed by atoms with Crippen molar-refractivity contribution >= 4 is 11.8 Å². The monoisotopic (exact) mass is 319 g/mol. The van der Waals surface area contributed by atoms with Gasteiger partial charge in [0.15, 0.2) is 5.79 Å². The summed E-state index contributed by atoms with van der Waals surface area (Å²) in [7, 11) is 0. The first kappa shape index (κ1) is 19.2. The van der Waals surface area contributed by atoms with E-state index in [1.807, 2.05) is 11.8 Å². The summed E-state index contributed by atoms with van der Waals surface area (Å²) in [4.78, 5) is 2.25. The molecule has 1 saturated heterocycles. The van der Waals surface area contributed by atoms with E-state index in [-0.39, 0.29) is 6.10 Å². The fourth-order valence-corrected chi connectivity index (χ4v) is 3.38. The molecule has 0 aliphatic carbocycles. The third-order valence-corrected chi connectivity index (χ3v) is 5.47. The Bertz CT molecular complexity index is 276. The molecule has 0 aromatic heterocycles. The lowest BCUT2D eigenvalue weighted by molar-refractivity contribution is -0.187. The van der Waals surface area contributed by atoms with E-state index in [0.717, 1.165) is 18.8 Å². The van der Waals surface area contributed by atoms with E-state index in [9.17, 15) is 0 Å². The van der Waals surface area contributed by atoms with E-state index in [2.05, 4.69) is 39.5 Å². The number of nitrogens with zero attached hydrogens (tertiary/aromatic N) is 1. The van der Waals surface area contributed by atoms with Crippen LogP contribution < -0.4 is 0 Å². The van der Waals surface area contributed by atoms with Gasteiger partial charge < -0.3 is 14.2 Å². The van der Waals surface area contributed by atoms with Gasteiger partial charge in [-0.25, -0.2) is 0 Å². The Labute approximate surface area is 134 Å². The molecule has 0 spiro atoms. The third kappa shape index (κ3) is 6.45. The molecule has 1 aliphatic heterocycles. The summed E-state index contributed by atoms with van der Waals surface area (Å²) >= 11 is 1.98. The first-order valence-electron chi connectivity index (χ1n) is 8.25. The van der Waals surface area contributed by atoms with Crippen molar-refractivity contribution in [2.45, 2.75) is 52.9 Å². The molecule has 0 saturated carbocycles. The smallest absolute Gasteiger partial charge is 0.169 e. The molecule has 1 aliphatic rings. The summed E-state index contributed by atoms with van der Waals surface area (Å²) in [5.41, 5.74) is 0. The van der Waals surface area contributed by atoms with Crippen LogP contribution in [0, 0.1) is 5.92 Å². The second-order valence-corrected chi connectivity index (χ2v) is 7.00. The maximum atomic E-state index is 6.11. The summed E-state index contributed by atoms with van der Waals surface area (Å²) in [6.45, 7) is 14.7. The van der Waals surface area contributed by atoms with Crippen molar-refractivity contribution < 1.29 is 14.2 Å². The average Bonchev–Trinajstić information content (AvgIpc) is 2.87. The summed E-state index contributed by atoms with van der Waals surface area (Å²) in [6.07, 6.45) is 1.28. The maximum Gasteiger partial charge on any atom is 0.169 e. The van der Waals surface area contributed by atoms with Crippen LogP contribution in [0.25, 0.3) is 0 Å². The van der Waals surface area contributed by atoms with Gasteiger partial charge in [-0.1, -0.05) is 27.7 Å². The number of hydrogen-bond acceptors (Lipinski definition) is 5. The van der Waals surface area contributed by atoms with Crippen LogP contribution in [-0.2, 0) is 14.2 Å². The minimum atomic E-state index is -0.454. The minimum absolute atomic E-state index is 0.0594. The van der Waals surface area contributed by atoms with Crippen molar-refractivity contribution in [2.75, 3.05) is 44.5 Å². The number of thioether (sulfide) groups is 1. The zero-order valence-corrected chi connectivity index (χ0v) is 15.2. The molecule has 0 amide bonds. The van der Waals surface area contributed by atoms with Gasteiger partial charge in [0.1, 0.15) is 6.10 Å². The Morgan fingerprint density at radius 1 is 1.33 bits per heavy atom. The highest BCUT2D eigenvalue weighted by Crippen LogP contribution is 2.33. The van der Waals surface area contributed by atoms with Crippen molar-refractivity contribution in [1.82, 2.24) is 4.90 Å². The predicted octanol–water partition coefficient (Wildman–Crippen LogP) is 3.21. The minimum Gasteiger partial charge on any atom is -0.363 e. The quantitative estimate of drug-likeness (QED) is 0.431. The molecule has 1 heterocycles. The molecule has 5 heteroatoms. The van der Waals surface area contributed by atoms with E-state index in [0.29, 0.717) is 25.9 Å². The molecule has 0 bridgehead atoms. The topological polar surface area (TPSA) is 30.9 Å². The Kier molecular flexibility index (Phi) is 9.21. The standard InChI is InChI=1S/C16H33NO3S/c1-6-9-21-12-14(4)16(5)19-11-15(20-16)10-18-13-17(7-2)8-3/h14-15H,6-13H2,1-5H3. The first-order chi connectivity index (χ1) is 10.1. The van der Waals surface area contributed by atoms with E-state index in [1.165, 1.54) is 12.2 Å². The SMILES string of the molecule is CCCSCC(C)C1(C)OCC(COCN(CC)CC)O1. The summed E-state index contributed by atoms with van der Waals surface area (Å²) in [6, 6.07) is 0. The second-order valence-electron chi connectivity index (χ2n) is 5.85. The van der Waals surface area contributed by atoms with Gasteiger partial charge >= 0.3 is 0 Å². The van der Waals surface area contributed by atoms with Crippen LogP contribution in [0.5, 0.6) is 0 Å². The van der Waals surface area contributed by atoms with E-state index in [4.69, 9.17) is 14.2 Å². The van der Waals surface area contributed by atoms with E-state index >= 15 is 0 Å². The predicted molar refractivity (Wildman–Crippen MR) is 89.8 cm³/mol. The lowest BCUT2D eigenvalue weighted by Gasteiger charge is -2.30. The summed E-state index contributed by atoms with van der Waals surface area (Å²) in [5, 5.41) is 0. The zero-order valence-electron chi connectivity index (χ0n) is 14.4. The Hall–Kier alpha value is 0.190. The van der Waals surface area contributed by atoms with Crippen LogP contribution in [0.4, 0.5) is 0 Å². The van der Waals surface area contributed by atoms with Gasteiger partial charge in [-0.05, 0) is 32.2 Å². The Morgan fingerprint density at radius 3 is 2.67 bits per heavy atom. The molecule has 4 nitrogen and oxygen atoms in total. The first-order valence-corrected chi connectivity index (χ1v) is 9.40. The van der Waals surface area contributed by atoms with Crippen LogP contribution >= 0.6 is 11.8 Å². The van der Waals surface area contributed by atoms with Gasteiger partial charge in [0.2, 0.25) is 0 Å². The normalized spacial score (nSPS) is 27.4. The highest BCUT2D eigenvalue weighted by molar-refractivity contribution is 7.99. The molecular formula is C16H33NO3S. The summed E-state index contributed by atoms with van der Waals surface area (Å²) in [5.74, 6) is 2.22.